The molecule has 2 heterocycles. The van der Waals surface area contributed by atoms with Gasteiger partial charge in [-0.1, -0.05) is 42.5 Å². The highest BCUT2D eigenvalue weighted by Gasteiger charge is 2.30. The summed E-state index contributed by atoms with van der Waals surface area (Å²) in [6.45, 7) is 0.320. The van der Waals surface area contributed by atoms with Crippen LogP contribution in [0.15, 0.2) is 76.9 Å². The molecule has 0 bridgehead atoms. The largest absolute Gasteiger partial charge is 0.489 e. The molecule has 2 aromatic carbocycles. The minimum absolute atomic E-state index is 0.0603. The first-order chi connectivity index (χ1) is 16.6. The van der Waals surface area contributed by atoms with E-state index in [-0.39, 0.29) is 24.8 Å². The van der Waals surface area contributed by atoms with Crippen LogP contribution in [-0.4, -0.2) is 29.8 Å². The minimum atomic E-state index is -0.276. The fourth-order valence-electron chi connectivity index (χ4n) is 4.20. The van der Waals surface area contributed by atoms with Crippen molar-refractivity contribution in [2.75, 3.05) is 18.1 Å². The van der Waals surface area contributed by atoms with Crippen LogP contribution in [0.25, 0.3) is 0 Å². The quantitative estimate of drug-likeness (QED) is 0.467. The van der Waals surface area contributed by atoms with Crippen molar-refractivity contribution < 1.29 is 19.1 Å². The van der Waals surface area contributed by atoms with Crippen molar-refractivity contribution in [3.05, 3.63) is 93.6 Å². The number of halogens is 1. The maximum Gasteiger partial charge on any atom is 0.266 e. The summed E-state index contributed by atoms with van der Waals surface area (Å²) in [5.41, 5.74) is 4.10. The zero-order valence-electron chi connectivity index (χ0n) is 18.5. The van der Waals surface area contributed by atoms with E-state index in [4.69, 9.17) is 9.47 Å². The Kier molecular flexibility index (Phi) is 6.45. The molecule has 3 aromatic rings. The molecule has 7 heteroatoms. The van der Waals surface area contributed by atoms with E-state index >= 15 is 0 Å². The summed E-state index contributed by atoms with van der Waals surface area (Å²) >= 11 is 3.36. The first-order valence-electron chi connectivity index (χ1n) is 11.2. The van der Waals surface area contributed by atoms with E-state index in [2.05, 4.69) is 27.0 Å². The van der Waals surface area contributed by atoms with Crippen LogP contribution in [0.2, 0.25) is 0 Å². The lowest BCUT2D eigenvalue weighted by molar-refractivity contribution is -0.123. The number of Topliss-reactive ketones (excluding diaryl/α,β-unsaturated/α-hetero) is 1. The third kappa shape index (κ3) is 4.89. The third-order valence-electron chi connectivity index (χ3n) is 5.98. The Morgan fingerprint density at radius 1 is 1.12 bits per heavy atom. The minimum Gasteiger partial charge on any atom is -0.489 e. The number of hydrogen-bond acceptors (Lipinski definition) is 5. The summed E-state index contributed by atoms with van der Waals surface area (Å²) in [5, 5.41) is 0. The fraction of sp³-hybridized carbons (Fsp3) is 0.222. The number of anilines is 1. The first kappa shape index (κ1) is 22.3. The van der Waals surface area contributed by atoms with Gasteiger partial charge in [0.1, 0.15) is 12.4 Å². The Bertz CT molecular complexity index is 1270. The van der Waals surface area contributed by atoms with Crippen molar-refractivity contribution >= 4 is 33.4 Å². The molecule has 0 radical (unpaired) electrons. The van der Waals surface area contributed by atoms with Crippen LogP contribution in [0.5, 0.6) is 11.5 Å². The maximum atomic E-state index is 13.3. The summed E-state index contributed by atoms with van der Waals surface area (Å²) in [6, 6.07) is 17.9. The van der Waals surface area contributed by atoms with Gasteiger partial charge in [0.05, 0.1) is 6.54 Å². The number of aromatic nitrogens is 1. The Labute approximate surface area is 206 Å². The Balaban J connectivity index is 1.31. The van der Waals surface area contributed by atoms with E-state index < -0.39 is 0 Å². The van der Waals surface area contributed by atoms with Crippen LogP contribution in [0.3, 0.4) is 0 Å². The van der Waals surface area contributed by atoms with Gasteiger partial charge in [-0.2, -0.15) is 0 Å². The Morgan fingerprint density at radius 2 is 1.97 bits per heavy atom. The summed E-state index contributed by atoms with van der Waals surface area (Å²) < 4.78 is 12.2. The molecule has 0 saturated heterocycles. The zero-order valence-corrected chi connectivity index (χ0v) is 20.1. The van der Waals surface area contributed by atoms with E-state index in [1.54, 1.807) is 12.3 Å². The molecule has 1 amide bonds. The van der Waals surface area contributed by atoms with Crippen molar-refractivity contribution in [2.24, 2.45) is 0 Å². The lowest BCUT2D eigenvalue weighted by atomic mass is 9.98. The lowest BCUT2D eigenvalue weighted by Crippen LogP contribution is -2.43. The van der Waals surface area contributed by atoms with Crippen LogP contribution < -0.4 is 14.4 Å². The third-order valence-corrected chi connectivity index (χ3v) is 6.41. The molecule has 0 N–H and O–H groups in total. The molecule has 0 fully saturated rings. The summed E-state index contributed by atoms with van der Waals surface area (Å²) in [6.07, 6.45) is 5.73. The number of benzene rings is 2. The van der Waals surface area contributed by atoms with Crippen molar-refractivity contribution in [3.8, 4) is 11.5 Å². The van der Waals surface area contributed by atoms with Gasteiger partial charge in [-0.3, -0.25) is 14.5 Å². The molecule has 0 saturated carbocycles. The number of aryl methyl sites for hydroxylation is 1. The number of carbonyl (C=O) groups excluding carboxylic acids is 2. The molecule has 2 aliphatic rings. The van der Waals surface area contributed by atoms with Crippen LogP contribution in [0.1, 0.15) is 23.1 Å². The number of fused-ring (bicyclic) bond motifs is 2. The second kappa shape index (κ2) is 9.81. The predicted octanol–water partition coefficient (Wildman–Crippen LogP) is 4.83. The van der Waals surface area contributed by atoms with E-state index in [9.17, 15) is 9.59 Å². The molecule has 34 heavy (non-hydrogen) atoms. The van der Waals surface area contributed by atoms with Gasteiger partial charge in [0.15, 0.2) is 24.0 Å². The molecule has 1 aliphatic heterocycles. The number of nitrogens with zero attached hydrogens (tertiary/aromatic N) is 2. The number of hydrogen-bond donors (Lipinski definition) is 0. The number of carbonyl (C=O) groups is 2. The number of pyridine rings is 1. The number of ketones is 1. The Morgan fingerprint density at radius 3 is 2.82 bits per heavy atom. The van der Waals surface area contributed by atoms with E-state index in [0.717, 1.165) is 34.2 Å². The van der Waals surface area contributed by atoms with E-state index in [0.29, 0.717) is 30.2 Å². The molecular formula is C27H23BrN2O4. The van der Waals surface area contributed by atoms with E-state index in [1.807, 2.05) is 48.5 Å². The second-order valence-corrected chi connectivity index (χ2v) is 9.23. The summed E-state index contributed by atoms with van der Waals surface area (Å²) in [4.78, 5) is 31.5. The average Bonchev–Trinajstić information content (AvgIpc) is 3.07. The van der Waals surface area contributed by atoms with Gasteiger partial charge in [-0.05, 0) is 69.2 Å². The van der Waals surface area contributed by atoms with Gasteiger partial charge in [0.2, 0.25) is 0 Å². The SMILES string of the molecule is O=C(CN1C(=O)COc2cc(Br)cnc21)C1=CCCc2ccc(OCc3ccccc3)cc2C1. The maximum absolute atomic E-state index is 13.3. The molecule has 6 nitrogen and oxygen atoms in total. The average molecular weight is 519 g/mol. The van der Waals surface area contributed by atoms with Gasteiger partial charge in [-0.15, -0.1) is 0 Å². The highest BCUT2D eigenvalue weighted by Crippen LogP contribution is 2.32. The molecular weight excluding hydrogens is 496 g/mol. The number of rotatable bonds is 6. The highest BCUT2D eigenvalue weighted by atomic mass is 79.9. The second-order valence-electron chi connectivity index (χ2n) is 8.32. The van der Waals surface area contributed by atoms with Gasteiger partial charge < -0.3 is 9.47 Å². The molecule has 172 valence electrons. The Hall–Kier alpha value is -3.45. The predicted molar refractivity (Wildman–Crippen MR) is 132 cm³/mol. The fourth-order valence-corrected chi connectivity index (χ4v) is 4.51. The molecule has 0 unspecified atom stereocenters. The number of allylic oxidation sites excluding steroid dienone is 1. The van der Waals surface area contributed by atoms with Crippen LogP contribution in [0, 0.1) is 0 Å². The first-order valence-corrected chi connectivity index (χ1v) is 12.0. The molecule has 5 rings (SSSR count). The summed E-state index contributed by atoms with van der Waals surface area (Å²) in [5.74, 6) is 1.28. The van der Waals surface area contributed by atoms with Crippen LogP contribution in [0.4, 0.5) is 5.82 Å². The van der Waals surface area contributed by atoms with Gasteiger partial charge in [-0.25, -0.2) is 4.98 Å². The smallest absolute Gasteiger partial charge is 0.266 e. The highest BCUT2D eigenvalue weighted by molar-refractivity contribution is 9.10. The monoisotopic (exact) mass is 518 g/mol. The number of ether oxygens (including phenoxy) is 2. The van der Waals surface area contributed by atoms with Crippen molar-refractivity contribution in [1.29, 1.82) is 0 Å². The number of amides is 1. The topological polar surface area (TPSA) is 68.7 Å². The normalized spacial score (nSPS) is 14.9. The molecule has 1 aliphatic carbocycles. The van der Waals surface area contributed by atoms with E-state index in [1.165, 1.54) is 10.5 Å². The van der Waals surface area contributed by atoms with Crippen LogP contribution in [-0.2, 0) is 29.0 Å². The molecule has 1 aromatic heterocycles. The summed E-state index contributed by atoms with van der Waals surface area (Å²) in [7, 11) is 0. The van der Waals surface area contributed by atoms with Crippen molar-refractivity contribution in [3.63, 3.8) is 0 Å². The van der Waals surface area contributed by atoms with Crippen molar-refractivity contribution in [1.82, 2.24) is 4.98 Å². The van der Waals surface area contributed by atoms with Crippen LogP contribution >= 0.6 is 15.9 Å². The van der Waals surface area contributed by atoms with Crippen molar-refractivity contribution in [2.45, 2.75) is 25.9 Å². The molecule has 0 atom stereocenters. The lowest BCUT2D eigenvalue weighted by Gasteiger charge is -2.28. The zero-order chi connectivity index (χ0) is 23.5. The van der Waals surface area contributed by atoms with Gasteiger partial charge >= 0.3 is 0 Å². The van der Waals surface area contributed by atoms with Gasteiger partial charge in [0, 0.05) is 17.1 Å². The standard InChI is InChI=1S/C27H23BrN2O4/c28-22-13-25-27(29-14-22)30(26(32)17-34-25)15-24(31)20-8-4-7-19-9-10-23(12-21(19)11-20)33-16-18-5-2-1-3-6-18/h1-3,5-6,8-10,12-14H,4,7,11,15-17H2. The van der Waals surface area contributed by atoms with Gasteiger partial charge in [0.25, 0.3) is 5.91 Å². The molecule has 0 spiro atoms.